The van der Waals surface area contributed by atoms with Gasteiger partial charge in [0.1, 0.15) is 29.5 Å². The van der Waals surface area contributed by atoms with Crippen LogP contribution in [0.4, 0.5) is 0 Å². The van der Waals surface area contributed by atoms with Gasteiger partial charge in [0, 0.05) is 30.8 Å². The van der Waals surface area contributed by atoms with E-state index in [0.717, 1.165) is 5.57 Å². The topological polar surface area (TPSA) is 118 Å². The first-order valence-electron chi connectivity index (χ1n) is 16.1. The first-order chi connectivity index (χ1) is 19.9. The molecule has 0 saturated carbocycles. The molecule has 9 heteroatoms. The van der Waals surface area contributed by atoms with Crippen molar-refractivity contribution in [2.24, 2.45) is 41.4 Å². The van der Waals surface area contributed by atoms with Crippen LogP contribution in [0, 0.1) is 41.4 Å². The van der Waals surface area contributed by atoms with Gasteiger partial charge >= 0.3 is 5.97 Å². The van der Waals surface area contributed by atoms with Crippen molar-refractivity contribution in [3.8, 4) is 0 Å². The Hall–Kier alpha value is -1.65. The molecule has 0 aliphatic carbocycles. The number of Topliss-reactive ketones (excluding diaryl/α,β-unsaturated/α-hetero) is 2. The summed E-state index contributed by atoms with van der Waals surface area (Å²) in [7, 11) is 1.53. The molecular weight excluding hydrogens is 552 g/mol. The summed E-state index contributed by atoms with van der Waals surface area (Å²) in [5, 5.41) is 11.3. The van der Waals surface area contributed by atoms with Crippen molar-refractivity contribution in [1.29, 1.82) is 0 Å². The first kappa shape index (κ1) is 35.8. The molecule has 0 aromatic carbocycles. The number of hydrogen-bond acceptors (Lipinski definition) is 9. The summed E-state index contributed by atoms with van der Waals surface area (Å²) in [4.78, 5) is 41.6. The summed E-state index contributed by atoms with van der Waals surface area (Å²) in [6.45, 7) is 23.1. The van der Waals surface area contributed by atoms with Gasteiger partial charge in [-0.2, -0.15) is 0 Å². The summed E-state index contributed by atoms with van der Waals surface area (Å²) in [5.41, 5.74) is -1.33. The minimum atomic E-state index is -1.15. The predicted octanol–water partition coefficient (Wildman–Crippen LogP) is 4.91. The lowest BCUT2D eigenvalue weighted by Gasteiger charge is -2.47. The van der Waals surface area contributed by atoms with Crippen molar-refractivity contribution >= 4 is 17.5 Å². The van der Waals surface area contributed by atoms with Gasteiger partial charge in [-0.05, 0) is 64.4 Å². The lowest BCUT2D eigenvalue weighted by atomic mass is 9.69. The van der Waals surface area contributed by atoms with Gasteiger partial charge < -0.3 is 28.8 Å². The smallest absolute Gasteiger partial charge is 0.316 e. The molecule has 3 fully saturated rings. The van der Waals surface area contributed by atoms with Crippen molar-refractivity contribution in [2.75, 3.05) is 13.7 Å². The summed E-state index contributed by atoms with van der Waals surface area (Å²) < 4.78 is 31.0. The molecule has 13 atom stereocenters. The van der Waals surface area contributed by atoms with E-state index in [0.29, 0.717) is 12.8 Å². The van der Waals surface area contributed by atoms with Crippen LogP contribution >= 0.6 is 0 Å². The lowest BCUT2D eigenvalue weighted by molar-refractivity contribution is -0.299. The number of esters is 1. The number of methoxy groups -OCH3 is 1. The highest BCUT2D eigenvalue weighted by molar-refractivity contribution is 6.00. The lowest BCUT2D eigenvalue weighted by Crippen LogP contribution is -2.57. The molecule has 3 aliphatic heterocycles. The Kier molecular flexibility index (Phi) is 11.5. The largest absolute Gasteiger partial charge is 0.459 e. The molecule has 1 N–H and O–H groups in total. The Morgan fingerprint density at radius 3 is 2.23 bits per heavy atom. The van der Waals surface area contributed by atoms with Gasteiger partial charge in [0.15, 0.2) is 12.1 Å². The van der Waals surface area contributed by atoms with Crippen LogP contribution in [0.1, 0.15) is 88.5 Å². The van der Waals surface area contributed by atoms with E-state index in [1.165, 1.54) is 7.11 Å². The molecule has 2 unspecified atom stereocenters. The van der Waals surface area contributed by atoms with Crippen LogP contribution in [-0.2, 0) is 38.1 Å². The van der Waals surface area contributed by atoms with Crippen molar-refractivity contribution in [3.05, 3.63) is 12.2 Å². The Morgan fingerprint density at radius 2 is 1.67 bits per heavy atom. The van der Waals surface area contributed by atoms with Crippen molar-refractivity contribution in [2.45, 2.75) is 130 Å². The molecule has 0 aromatic heterocycles. The maximum atomic E-state index is 14.1. The zero-order chi connectivity index (χ0) is 32.6. The average molecular weight is 609 g/mol. The number of hydrogen-bond donors (Lipinski definition) is 1. The molecule has 3 rings (SSSR count). The molecule has 0 aromatic rings. The maximum Gasteiger partial charge on any atom is 0.316 e. The number of ketones is 2. The second-order valence-electron chi connectivity index (χ2n) is 14.2. The van der Waals surface area contributed by atoms with E-state index >= 15 is 0 Å². The predicted molar refractivity (Wildman–Crippen MR) is 162 cm³/mol. The quantitative estimate of drug-likeness (QED) is 0.264. The number of aliphatic hydroxyl groups is 1. The Labute approximate surface area is 258 Å². The van der Waals surface area contributed by atoms with E-state index in [4.69, 9.17) is 23.7 Å². The second kappa shape index (κ2) is 13.8. The van der Waals surface area contributed by atoms with E-state index < -0.39 is 65.4 Å². The minimum absolute atomic E-state index is 0.00191. The van der Waals surface area contributed by atoms with Gasteiger partial charge in [-0.15, -0.1) is 0 Å². The summed E-state index contributed by atoms with van der Waals surface area (Å²) in [5.74, 6) is -4.20. The van der Waals surface area contributed by atoms with Crippen LogP contribution in [-0.4, -0.2) is 78.3 Å². The number of rotatable bonds is 5. The molecule has 9 nitrogen and oxygen atoms in total. The average Bonchev–Trinajstić information content (AvgIpc) is 3.27. The summed E-state index contributed by atoms with van der Waals surface area (Å²) in [6, 6.07) is 0. The Balaban J connectivity index is 2.10. The van der Waals surface area contributed by atoms with E-state index in [1.807, 2.05) is 41.5 Å². The SMILES string of the molecule is C=C1CO[C@]2(C)[C@@H](CC)OC(=O)C(C)C(=O)[C@H](C)[C@@H](O[C@@H]3O[C@H](C)C[C@H](C(C)C)[C@H]3O)[C@](C)(OC)C[C@@H](C)C(=O)C(C)[C@H]12. The van der Waals surface area contributed by atoms with Gasteiger partial charge in [-0.25, -0.2) is 0 Å². The first-order valence-corrected chi connectivity index (χ1v) is 16.1. The van der Waals surface area contributed by atoms with Crippen LogP contribution in [0.25, 0.3) is 0 Å². The van der Waals surface area contributed by atoms with Crippen LogP contribution in [0.15, 0.2) is 12.2 Å². The molecule has 3 aliphatic rings. The zero-order valence-corrected chi connectivity index (χ0v) is 28.2. The molecule has 0 radical (unpaired) electrons. The van der Waals surface area contributed by atoms with E-state index in [1.54, 1.807) is 13.8 Å². The fourth-order valence-corrected chi connectivity index (χ4v) is 7.92. The highest BCUT2D eigenvalue weighted by Crippen LogP contribution is 2.46. The van der Waals surface area contributed by atoms with Crippen molar-refractivity contribution < 1.29 is 43.2 Å². The number of fused-ring (bicyclic) bond motifs is 1. The third-order valence-corrected chi connectivity index (χ3v) is 10.6. The standard InChI is InChI=1S/C34H56O9/c1-13-25-34(11)26(19(5)16-40-34)21(7)27(35)18(4)15-33(10,39-12)30(22(8)28(36)23(9)31(38)42-25)43-32-29(37)24(17(2)3)14-20(6)41-32/h17-18,20-26,29-30,32,37H,5,13-16H2,1-4,6-12H3/t18-,20-,21?,22+,23?,24-,25-,26+,29-,30-,32+,33-,34-/m1/s1. The number of aliphatic hydroxyl groups excluding tert-OH is 1. The molecule has 3 heterocycles. The normalized spacial score (nSPS) is 45.6. The molecule has 0 bridgehead atoms. The third-order valence-electron chi connectivity index (χ3n) is 10.6. The summed E-state index contributed by atoms with van der Waals surface area (Å²) in [6.07, 6.45) is -2.36. The van der Waals surface area contributed by atoms with Gasteiger partial charge in [-0.1, -0.05) is 48.1 Å². The molecule has 3 saturated heterocycles. The molecule has 0 amide bonds. The highest BCUT2D eigenvalue weighted by atomic mass is 16.7. The molecular formula is C34H56O9. The Bertz CT molecular complexity index is 1040. The molecule has 43 heavy (non-hydrogen) atoms. The van der Waals surface area contributed by atoms with Crippen LogP contribution < -0.4 is 0 Å². The Morgan fingerprint density at radius 1 is 1.05 bits per heavy atom. The van der Waals surface area contributed by atoms with Crippen LogP contribution in [0.2, 0.25) is 0 Å². The monoisotopic (exact) mass is 608 g/mol. The van der Waals surface area contributed by atoms with Gasteiger partial charge in [-0.3, -0.25) is 14.4 Å². The van der Waals surface area contributed by atoms with E-state index in [2.05, 4.69) is 20.4 Å². The number of cyclic esters (lactones) is 1. The van der Waals surface area contributed by atoms with Gasteiger partial charge in [0.2, 0.25) is 0 Å². The third kappa shape index (κ3) is 6.96. The van der Waals surface area contributed by atoms with Crippen LogP contribution in [0.3, 0.4) is 0 Å². The van der Waals surface area contributed by atoms with Crippen LogP contribution in [0.5, 0.6) is 0 Å². The maximum absolute atomic E-state index is 14.1. The summed E-state index contributed by atoms with van der Waals surface area (Å²) >= 11 is 0. The number of ether oxygens (including phenoxy) is 5. The van der Waals surface area contributed by atoms with E-state index in [-0.39, 0.29) is 48.5 Å². The highest BCUT2D eigenvalue weighted by Gasteiger charge is 2.55. The van der Waals surface area contributed by atoms with Crippen molar-refractivity contribution in [3.63, 3.8) is 0 Å². The zero-order valence-electron chi connectivity index (χ0n) is 28.2. The fourth-order valence-electron chi connectivity index (χ4n) is 7.92. The number of carbonyl (C=O) groups is 3. The molecule has 0 spiro atoms. The van der Waals surface area contributed by atoms with Crippen molar-refractivity contribution in [1.82, 2.24) is 0 Å². The second-order valence-corrected chi connectivity index (χ2v) is 14.2. The number of carbonyl (C=O) groups excluding carboxylic acids is 3. The van der Waals surface area contributed by atoms with Gasteiger partial charge in [0.25, 0.3) is 0 Å². The molecule has 246 valence electrons. The van der Waals surface area contributed by atoms with Gasteiger partial charge in [0.05, 0.1) is 24.4 Å². The minimum Gasteiger partial charge on any atom is -0.459 e. The van der Waals surface area contributed by atoms with E-state index in [9.17, 15) is 19.5 Å². The fraction of sp³-hybridized carbons (Fsp3) is 0.853.